The molecule has 1 heterocycles. The summed E-state index contributed by atoms with van der Waals surface area (Å²) in [6.07, 6.45) is -3.32. The summed E-state index contributed by atoms with van der Waals surface area (Å²) in [7, 11) is 1.28. The number of alkyl halides is 3. The van der Waals surface area contributed by atoms with Crippen LogP contribution in [0.15, 0.2) is 40.8 Å². The van der Waals surface area contributed by atoms with E-state index in [1.165, 1.54) is 48.9 Å². The molecule has 5 nitrogen and oxygen atoms in total. The summed E-state index contributed by atoms with van der Waals surface area (Å²) in [6.45, 7) is 0. The Morgan fingerprint density at radius 1 is 1.26 bits per heavy atom. The minimum atomic E-state index is -4.72. The SMILES string of the molecule is COC(=O)c1sccc1NN=Cc1ccc(OC(F)(F)F)cc1. The first-order valence-electron chi connectivity index (χ1n) is 6.20. The van der Waals surface area contributed by atoms with E-state index in [4.69, 9.17) is 0 Å². The van der Waals surface area contributed by atoms with E-state index in [1.54, 1.807) is 11.4 Å². The Hall–Kier alpha value is -2.55. The number of ether oxygens (including phenoxy) is 2. The predicted octanol–water partition coefficient (Wildman–Crippen LogP) is 3.88. The number of esters is 1. The molecule has 1 aromatic heterocycles. The molecule has 0 atom stereocenters. The summed E-state index contributed by atoms with van der Waals surface area (Å²) in [5.41, 5.74) is 3.72. The van der Waals surface area contributed by atoms with Crippen molar-refractivity contribution in [2.45, 2.75) is 6.36 Å². The standard InChI is InChI=1S/C14H11F3N2O3S/c1-21-13(20)12-11(6-7-23-12)19-18-8-9-2-4-10(5-3-9)22-14(15,16)17/h2-8,19H,1H3. The van der Waals surface area contributed by atoms with Crippen LogP contribution in [0.2, 0.25) is 0 Å². The van der Waals surface area contributed by atoms with Crippen LogP contribution in [0.3, 0.4) is 0 Å². The van der Waals surface area contributed by atoms with Crippen LogP contribution in [0, 0.1) is 0 Å². The smallest absolute Gasteiger partial charge is 0.465 e. The number of methoxy groups -OCH3 is 1. The number of nitrogens with one attached hydrogen (secondary N) is 1. The van der Waals surface area contributed by atoms with Crippen molar-refractivity contribution in [3.8, 4) is 5.75 Å². The van der Waals surface area contributed by atoms with Gasteiger partial charge in [-0.1, -0.05) is 0 Å². The Balaban J connectivity index is 1.99. The van der Waals surface area contributed by atoms with Crippen molar-refractivity contribution in [3.63, 3.8) is 0 Å². The van der Waals surface area contributed by atoms with Crippen molar-refractivity contribution in [3.05, 3.63) is 46.2 Å². The topological polar surface area (TPSA) is 59.9 Å². The van der Waals surface area contributed by atoms with E-state index in [2.05, 4.69) is 20.0 Å². The van der Waals surface area contributed by atoms with Crippen molar-refractivity contribution < 1.29 is 27.4 Å². The van der Waals surface area contributed by atoms with E-state index in [-0.39, 0.29) is 5.75 Å². The van der Waals surface area contributed by atoms with E-state index in [0.717, 1.165) is 0 Å². The van der Waals surface area contributed by atoms with Gasteiger partial charge in [0.25, 0.3) is 0 Å². The number of rotatable bonds is 5. The summed E-state index contributed by atoms with van der Waals surface area (Å²) >= 11 is 1.20. The molecule has 2 rings (SSSR count). The Morgan fingerprint density at radius 2 is 1.96 bits per heavy atom. The number of hydrogen-bond acceptors (Lipinski definition) is 6. The Bertz CT molecular complexity index is 696. The van der Waals surface area contributed by atoms with E-state index in [9.17, 15) is 18.0 Å². The highest BCUT2D eigenvalue weighted by Gasteiger charge is 2.30. The normalized spacial score (nSPS) is 11.5. The first-order chi connectivity index (χ1) is 10.9. The third-order valence-corrected chi connectivity index (χ3v) is 3.44. The number of thiophene rings is 1. The van der Waals surface area contributed by atoms with Crippen molar-refractivity contribution in [1.29, 1.82) is 0 Å². The van der Waals surface area contributed by atoms with Gasteiger partial charge in [0.15, 0.2) is 0 Å². The van der Waals surface area contributed by atoms with Crippen molar-refractivity contribution in [1.82, 2.24) is 0 Å². The number of carbonyl (C=O) groups excluding carboxylic acids is 1. The van der Waals surface area contributed by atoms with E-state index in [1.807, 2.05) is 0 Å². The average Bonchev–Trinajstić information content (AvgIpc) is 2.95. The molecule has 0 spiro atoms. The van der Waals surface area contributed by atoms with Gasteiger partial charge in [-0.2, -0.15) is 5.10 Å². The minimum Gasteiger partial charge on any atom is -0.465 e. The van der Waals surface area contributed by atoms with Crippen LogP contribution in [0.25, 0.3) is 0 Å². The second kappa shape index (κ2) is 7.14. The average molecular weight is 344 g/mol. The molecule has 0 aliphatic carbocycles. The van der Waals surface area contributed by atoms with Gasteiger partial charge in [0, 0.05) is 0 Å². The van der Waals surface area contributed by atoms with E-state index < -0.39 is 12.3 Å². The first kappa shape index (κ1) is 16.8. The Kier molecular flexibility index (Phi) is 5.22. The van der Waals surface area contributed by atoms with E-state index in [0.29, 0.717) is 16.1 Å². The fraction of sp³-hybridized carbons (Fsp3) is 0.143. The molecule has 9 heteroatoms. The second-order valence-electron chi connectivity index (χ2n) is 4.14. The number of nitrogens with zero attached hydrogens (tertiary/aromatic N) is 1. The molecule has 0 saturated heterocycles. The zero-order valence-corrected chi connectivity index (χ0v) is 12.6. The highest BCUT2D eigenvalue weighted by atomic mass is 32.1. The maximum atomic E-state index is 12.0. The Labute approximate surface area is 133 Å². The van der Waals surface area contributed by atoms with Crippen LogP contribution in [0.5, 0.6) is 5.75 Å². The highest BCUT2D eigenvalue weighted by molar-refractivity contribution is 7.12. The van der Waals surface area contributed by atoms with Gasteiger partial charge in [0.2, 0.25) is 0 Å². The van der Waals surface area contributed by atoms with Gasteiger partial charge in [-0.05, 0) is 41.3 Å². The van der Waals surface area contributed by atoms with Gasteiger partial charge in [-0.25, -0.2) is 4.79 Å². The molecular weight excluding hydrogens is 333 g/mol. The minimum absolute atomic E-state index is 0.312. The maximum absolute atomic E-state index is 12.0. The molecule has 0 aliphatic rings. The molecule has 0 bridgehead atoms. The molecule has 0 radical (unpaired) electrons. The van der Waals surface area contributed by atoms with Crippen molar-refractivity contribution in [2.75, 3.05) is 12.5 Å². The summed E-state index contributed by atoms with van der Waals surface area (Å²) < 4.78 is 44.5. The van der Waals surface area contributed by atoms with Gasteiger partial charge in [-0.15, -0.1) is 24.5 Å². The van der Waals surface area contributed by atoms with Gasteiger partial charge >= 0.3 is 12.3 Å². The molecule has 0 saturated carbocycles. The number of anilines is 1. The quantitative estimate of drug-likeness (QED) is 0.508. The lowest BCUT2D eigenvalue weighted by molar-refractivity contribution is -0.274. The third-order valence-electron chi connectivity index (χ3n) is 2.55. The van der Waals surface area contributed by atoms with Crippen molar-refractivity contribution in [2.24, 2.45) is 5.10 Å². The monoisotopic (exact) mass is 344 g/mol. The molecule has 0 aliphatic heterocycles. The molecule has 23 heavy (non-hydrogen) atoms. The predicted molar refractivity (Wildman–Crippen MR) is 80.0 cm³/mol. The molecular formula is C14H11F3N2O3S. The zero-order valence-electron chi connectivity index (χ0n) is 11.8. The van der Waals surface area contributed by atoms with Gasteiger partial charge in [-0.3, -0.25) is 5.43 Å². The largest absolute Gasteiger partial charge is 0.573 e. The maximum Gasteiger partial charge on any atom is 0.573 e. The van der Waals surface area contributed by atoms with Crippen LogP contribution < -0.4 is 10.2 Å². The lowest BCUT2D eigenvalue weighted by Crippen LogP contribution is -2.17. The lowest BCUT2D eigenvalue weighted by atomic mass is 10.2. The molecule has 0 fully saturated rings. The van der Waals surface area contributed by atoms with Crippen LogP contribution in [-0.4, -0.2) is 25.7 Å². The number of hydrogen-bond donors (Lipinski definition) is 1. The van der Waals surface area contributed by atoms with Gasteiger partial charge in [0.1, 0.15) is 10.6 Å². The third kappa shape index (κ3) is 4.99. The molecule has 1 N–H and O–H groups in total. The zero-order chi connectivity index (χ0) is 16.9. The molecule has 1 aromatic carbocycles. The first-order valence-corrected chi connectivity index (χ1v) is 7.08. The van der Waals surface area contributed by atoms with Gasteiger partial charge in [0.05, 0.1) is 19.0 Å². The van der Waals surface area contributed by atoms with Crippen LogP contribution >= 0.6 is 11.3 Å². The number of halogens is 3. The lowest BCUT2D eigenvalue weighted by Gasteiger charge is -2.08. The Morgan fingerprint density at radius 3 is 2.57 bits per heavy atom. The summed E-state index contributed by atoms with van der Waals surface area (Å²) in [4.78, 5) is 11.8. The summed E-state index contributed by atoms with van der Waals surface area (Å²) in [5.74, 6) is -0.792. The van der Waals surface area contributed by atoms with E-state index >= 15 is 0 Å². The number of benzene rings is 1. The fourth-order valence-corrected chi connectivity index (χ4v) is 2.34. The van der Waals surface area contributed by atoms with Gasteiger partial charge < -0.3 is 9.47 Å². The van der Waals surface area contributed by atoms with Crippen LogP contribution in [0.4, 0.5) is 18.9 Å². The fourth-order valence-electron chi connectivity index (χ4n) is 1.58. The molecule has 0 unspecified atom stereocenters. The molecule has 0 amide bonds. The number of carbonyl (C=O) groups is 1. The number of hydrazone groups is 1. The summed E-state index contributed by atoms with van der Waals surface area (Å²) in [6, 6.07) is 6.86. The second-order valence-corrected chi connectivity index (χ2v) is 5.06. The summed E-state index contributed by atoms with van der Waals surface area (Å²) in [5, 5.41) is 5.63. The van der Waals surface area contributed by atoms with Crippen LogP contribution in [-0.2, 0) is 4.74 Å². The molecule has 122 valence electrons. The van der Waals surface area contributed by atoms with Crippen molar-refractivity contribution >= 4 is 29.2 Å². The molecule has 2 aromatic rings. The van der Waals surface area contributed by atoms with Crippen LogP contribution in [0.1, 0.15) is 15.2 Å². The highest BCUT2D eigenvalue weighted by Crippen LogP contribution is 2.24.